The molecule has 1 saturated carbocycles. The van der Waals surface area contributed by atoms with E-state index in [1.807, 2.05) is 0 Å². The zero-order valence-electron chi connectivity index (χ0n) is 10.2. The van der Waals surface area contributed by atoms with E-state index in [1.165, 1.54) is 64.7 Å². The Morgan fingerprint density at radius 1 is 1.13 bits per heavy atom. The van der Waals surface area contributed by atoms with Crippen molar-refractivity contribution in [3.8, 4) is 0 Å². The molecule has 2 heteroatoms. The van der Waals surface area contributed by atoms with Gasteiger partial charge >= 0.3 is 0 Å². The number of likely N-dealkylation sites (tertiary alicyclic amines) is 1. The molecule has 0 amide bonds. The summed E-state index contributed by atoms with van der Waals surface area (Å²) in [6.07, 6.45) is 8.68. The van der Waals surface area contributed by atoms with Crippen molar-refractivity contribution < 1.29 is 0 Å². The first-order valence-corrected chi connectivity index (χ1v) is 6.81. The molecule has 0 aromatic carbocycles. The van der Waals surface area contributed by atoms with Gasteiger partial charge in [0.25, 0.3) is 0 Å². The fraction of sp³-hybridized carbons (Fsp3) is 1.00. The van der Waals surface area contributed by atoms with E-state index in [2.05, 4.69) is 17.1 Å². The lowest BCUT2D eigenvalue weighted by Gasteiger charge is -2.24. The van der Waals surface area contributed by atoms with Gasteiger partial charge in [0, 0.05) is 12.6 Å². The number of hydrogen-bond acceptors (Lipinski definition) is 2. The largest absolute Gasteiger partial charge is 0.315 e. The van der Waals surface area contributed by atoms with E-state index in [1.54, 1.807) is 0 Å². The highest BCUT2D eigenvalue weighted by Gasteiger charge is 2.18. The summed E-state index contributed by atoms with van der Waals surface area (Å²) < 4.78 is 0. The van der Waals surface area contributed by atoms with Crippen molar-refractivity contribution in [2.24, 2.45) is 5.92 Å². The van der Waals surface area contributed by atoms with Gasteiger partial charge in [0.1, 0.15) is 0 Å². The quantitative estimate of drug-likeness (QED) is 0.749. The second kappa shape index (κ2) is 5.86. The molecule has 1 N–H and O–H groups in total. The molecule has 1 heterocycles. The molecular weight excluding hydrogens is 184 g/mol. The van der Waals surface area contributed by atoms with E-state index in [4.69, 9.17) is 0 Å². The molecule has 0 radical (unpaired) electrons. The second-order valence-corrected chi connectivity index (χ2v) is 5.40. The molecular formula is C13H26N2. The molecule has 1 aliphatic heterocycles. The predicted octanol–water partition coefficient (Wildman–Crippen LogP) is 2.25. The highest BCUT2D eigenvalue weighted by atomic mass is 15.2. The molecule has 0 aromatic rings. The molecule has 1 aliphatic carbocycles. The maximum absolute atomic E-state index is 3.66. The van der Waals surface area contributed by atoms with Gasteiger partial charge in [-0.05, 0) is 58.2 Å². The van der Waals surface area contributed by atoms with Gasteiger partial charge in [0.2, 0.25) is 0 Å². The predicted molar refractivity (Wildman–Crippen MR) is 65.1 cm³/mol. The van der Waals surface area contributed by atoms with Crippen molar-refractivity contribution in [1.29, 1.82) is 0 Å². The SMILES string of the molecule is CC(CNCC1CCCC1)N1CCCC1. The second-order valence-electron chi connectivity index (χ2n) is 5.40. The van der Waals surface area contributed by atoms with Crippen LogP contribution in [0.15, 0.2) is 0 Å². The number of rotatable bonds is 5. The Balaban J connectivity index is 1.56. The van der Waals surface area contributed by atoms with Crippen molar-refractivity contribution in [2.75, 3.05) is 26.2 Å². The van der Waals surface area contributed by atoms with Crippen molar-refractivity contribution in [3.63, 3.8) is 0 Å². The summed E-state index contributed by atoms with van der Waals surface area (Å²) in [7, 11) is 0. The van der Waals surface area contributed by atoms with E-state index < -0.39 is 0 Å². The maximum atomic E-state index is 3.66. The van der Waals surface area contributed by atoms with Crippen LogP contribution in [-0.2, 0) is 0 Å². The van der Waals surface area contributed by atoms with E-state index >= 15 is 0 Å². The van der Waals surface area contributed by atoms with Crippen LogP contribution in [0.5, 0.6) is 0 Å². The van der Waals surface area contributed by atoms with Gasteiger partial charge in [-0.2, -0.15) is 0 Å². The van der Waals surface area contributed by atoms with Gasteiger partial charge in [-0.1, -0.05) is 12.8 Å². The lowest BCUT2D eigenvalue weighted by atomic mass is 10.1. The van der Waals surface area contributed by atoms with Gasteiger partial charge in [-0.25, -0.2) is 0 Å². The van der Waals surface area contributed by atoms with Crippen LogP contribution in [0.25, 0.3) is 0 Å². The molecule has 1 atom stereocenters. The molecule has 15 heavy (non-hydrogen) atoms. The highest BCUT2D eigenvalue weighted by Crippen LogP contribution is 2.23. The van der Waals surface area contributed by atoms with Crippen molar-refractivity contribution >= 4 is 0 Å². The van der Waals surface area contributed by atoms with Crippen molar-refractivity contribution in [1.82, 2.24) is 10.2 Å². The average molecular weight is 210 g/mol. The molecule has 0 aromatic heterocycles. The van der Waals surface area contributed by atoms with Crippen LogP contribution < -0.4 is 5.32 Å². The summed E-state index contributed by atoms with van der Waals surface area (Å²) in [4.78, 5) is 2.63. The Kier molecular flexibility index (Phi) is 4.45. The molecule has 1 saturated heterocycles. The summed E-state index contributed by atoms with van der Waals surface area (Å²) in [5.41, 5.74) is 0. The molecule has 2 rings (SSSR count). The zero-order valence-corrected chi connectivity index (χ0v) is 10.2. The Hall–Kier alpha value is -0.0800. The van der Waals surface area contributed by atoms with Gasteiger partial charge in [-0.15, -0.1) is 0 Å². The summed E-state index contributed by atoms with van der Waals surface area (Å²) in [5.74, 6) is 0.982. The first kappa shape index (κ1) is 11.4. The fourth-order valence-corrected chi connectivity index (χ4v) is 3.02. The summed E-state index contributed by atoms with van der Waals surface area (Å²) in [6.45, 7) is 7.47. The van der Waals surface area contributed by atoms with Gasteiger partial charge in [-0.3, -0.25) is 4.90 Å². The molecule has 88 valence electrons. The Labute approximate surface area is 94.4 Å². The lowest BCUT2D eigenvalue weighted by Crippen LogP contribution is -2.39. The first-order valence-electron chi connectivity index (χ1n) is 6.81. The van der Waals surface area contributed by atoms with Gasteiger partial charge in [0.15, 0.2) is 0 Å². The monoisotopic (exact) mass is 210 g/mol. The first-order chi connectivity index (χ1) is 7.36. The van der Waals surface area contributed by atoms with E-state index in [0.717, 1.165) is 12.0 Å². The van der Waals surface area contributed by atoms with Crippen LogP contribution in [0.2, 0.25) is 0 Å². The third kappa shape index (κ3) is 3.46. The maximum Gasteiger partial charge on any atom is 0.0192 e. The van der Waals surface area contributed by atoms with Crippen LogP contribution in [0, 0.1) is 5.92 Å². The van der Waals surface area contributed by atoms with E-state index in [0.29, 0.717) is 0 Å². The van der Waals surface area contributed by atoms with Gasteiger partial charge < -0.3 is 5.32 Å². The third-order valence-corrected chi connectivity index (χ3v) is 4.11. The lowest BCUT2D eigenvalue weighted by molar-refractivity contribution is 0.249. The molecule has 0 spiro atoms. The third-order valence-electron chi connectivity index (χ3n) is 4.11. The van der Waals surface area contributed by atoms with Crippen molar-refractivity contribution in [2.45, 2.75) is 51.5 Å². The fourth-order valence-electron chi connectivity index (χ4n) is 3.02. The standard InChI is InChI=1S/C13H26N2/c1-12(15-8-4-5-9-15)10-14-11-13-6-2-3-7-13/h12-14H,2-11H2,1H3. The topological polar surface area (TPSA) is 15.3 Å². The Morgan fingerprint density at radius 3 is 2.47 bits per heavy atom. The van der Waals surface area contributed by atoms with Crippen LogP contribution in [0.1, 0.15) is 45.4 Å². The van der Waals surface area contributed by atoms with Crippen LogP contribution in [-0.4, -0.2) is 37.1 Å². The normalized spacial score (nSPS) is 26.2. The van der Waals surface area contributed by atoms with Crippen LogP contribution in [0.3, 0.4) is 0 Å². The molecule has 1 unspecified atom stereocenters. The number of nitrogens with one attached hydrogen (secondary N) is 1. The molecule has 0 bridgehead atoms. The Morgan fingerprint density at radius 2 is 1.80 bits per heavy atom. The van der Waals surface area contributed by atoms with Gasteiger partial charge in [0.05, 0.1) is 0 Å². The van der Waals surface area contributed by atoms with Crippen molar-refractivity contribution in [3.05, 3.63) is 0 Å². The minimum Gasteiger partial charge on any atom is -0.315 e. The summed E-state index contributed by atoms with van der Waals surface area (Å²) >= 11 is 0. The number of hydrogen-bond donors (Lipinski definition) is 1. The number of nitrogens with zero attached hydrogens (tertiary/aromatic N) is 1. The smallest absolute Gasteiger partial charge is 0.0192 e. The van der Waals surface area contributed by atoms with E-state index in [-0.39, 0.29) is 0 Å². The highest BCUT2D eigenvalue weighted by molar-refractivity contribution is 4.76. The summed E-state index contributed by atoms with van der Waals surface area (Å²) in [6, 6.07) is 0.744. The minimum atomic E-state index is 0.744. The Bertz CT molecular complexity index is 169. The average Bonchev–Trinajstić information content (AvgIpc) is 2.90. The van der Waals surface area contributed by atoms with E-state index in [9.17, 15) is 0 Å². The summed E-state index contributed by atoms with van der Waals surface area (Å²) in [5, 5.41) is 3.66. The van der Waals surface area contributed by atoms with Crippen LogP contribution >= 0.6 is 0 Å². The van der Waals surface area contributed by atoms with Crippen LogP contribution in [0.4, 0.5) is 0 Å². The molecule has 2 nitrogen and oxygen atoms in total. The minimum absolute atomic E-state index is 0.744. The molecule has 2 fully saturated rings. The molecule has 2 aliphatic rings. The zero-order chi connectivity index (χ0) is 10.5.